The maximum absolute atomic E-state index is 14.9. The molecule has 1 N–H and O–H groups in total. The van der Waals surface area contributed by atoms with E-state index in [0.717, 1.165) is 6.07 Å². The predicted molar refractivity (Wildman–Crippen MR) is 141 cm³/mol. The van der Waals surface area contributed by atoms with E-state index in [1.165, 1.54) is 16.8 Å². The van der Waals surface area contributed by atoms with E-state index in [-0.39, 0.29) is 11.1 Å². The first-order valence-corrected chi connectivity index (χ1v) is 12.4. The predicted octanol–water partition coefficient (Wildman–Crippen LogP) is 4.86. The Morgan fingerprint density at radius 1 is 1.08 bits per heavy atom. The number of aryl methyl sites for hydroxylation is 1. The van der Waals surface area contributed by atoms with Crippen LogP contribution in [0.25, 0.3) is 22.0 Å². The first kappa shape index (κ1) is 26.2. The van der Waals surface area contributed by atoms with Crippen molar-refractivity contribution in [2.45, 2.75) is 26.3 Å². The molecule has 2 aromatic carbocycles. The van der Waals surface area contributed by atoms with Gasteiger partial charge in [0.2, 0.25) is 0 Å². The Labute approximate surface area is 222 Å². The molecule has 39 heavy (non-hydrogen) atoms. The molecule has 5 rings (SSSR count). The van der Waals surface area contributed by atoms with Crippen molar-refractivity contribution in [3.8, 4) is 17.2 Å². The number of benzene rings is 2. The molecule has 1 fully saturated rings. The molecule has 8 nitrogen and oxygen atoms in total. The number of hydrogen-bond acceptors (Lipinski definition) is 7. The number of alkyl halides is 2. The molecule has 1 atom stereocenters. The van der Waals surface area contributed by atoms with E-state index in [4.69, 9.17) is 4.74 Å². The molecule has 0 amide bonds. The van der Waals surface area contributed by atoms with Crippen LogP contribution in [0.3, 0.4) is 0 Å². The lowest BCUT2D eigenvalue weighted by atomic mass is 10.0. The van der Waals surface area contributed by atoms with Gasteiger partial charge in [-0.15, -0.1) is 0 Å². The average Bonchev–Trinajstić information content (AvgIpc) is 2.93. The van der Waals surface area contributed by atoms with E-state index in [1.54, 1.807) is 44.3 Å². The van der Waals surface area contributed by atoms with Crippen molar-refractivity contribution in [3.63, 3.8) is 0 Å². The second-order valence-electron chi connectivity index (χ2n) is 9.21. The number of aromatic nitrogens is 3. The number of pyridine rings is 1. The molecule has 0 bridgehead atoms. The number of morpholine rings is 1. The smallest absolute Gasteiger partial charge is 0.279 e. The van der Waals surface area contributed by atoms with Crippen molar-refractivity contribution in [3.05, 3.63) is 87.3 Å². The van der Waals surface area contributed by atoms with Crippen LogP contribution in [-0.4, -0.2) is 40.9 Å². The second kappa shape index (κ2) is 10.7. The zero-order valence-electron chi connectivity index (χ0n) is 21.3. The number of anilines is 1. The van der Waals surface area contributed by atoms with Gasteiger partial charge in [-0.05, 0) is 31.5 Å². The highest BCUT2D eigenvalue weighted by molar-refractivity contribution is 5.98. The molecule has 0 spiro atoms. The van der Waals surface area contributed by atoms with Gasteiger partial charge in [0.1, 0.15) is 17.5 Å². The van der Waals surface area contributed by atoms with Gasteiger partial charge in [-0.25, -0.2) is 27.8 Å². The van der Waals surface area contributed by atoms with Crippen LogP contribution in [-0.2, 0) is 4.74 Å². The summed E-state index contributed by atoms with van der Waals surface area (Å²) in [5.41, 5.74) is 0.790. The minimum atomic E-state index is -2.95. The lowest BCUT2D eigenvalue weighted by Crippen LogP contribution is -2.49. The summed E-state index contributed by atoms with van der Waals surface area (Å²) in [5, 5.41) is 14.7. The number of ether oxygens (including phenoxy) is 1. The second-order valence-corrected chi connectivity index (χ2v) is 9.21. The fraction of sp³-hybridized carbons (Fsp3) is 0.286. The molecule has 11 heteroatoms. The van der Waals surface area contributed by atoms with Gasteiger partial charge in [0.25, 0.3) is 12.0 Å². The first-order chi connectivity index (χ1) is 18.8. The van der Waals surface area contributed by atoms with Crippen LogP contribution in [0.4, 0.5) is 19.0 Å². The third-order valence-electron chi connectivity index (χ3n) is 6.68. The molecular weight excluding hydrogens is 509 g/mol. The summed E-state index contributed by atoms with van der Waals surface area (Å²) in [6, 6.07) is 11.9. The molecule has 0 unspecified atom stereocenters. The summed E-state index contributed by atoms with van der Waals surface area (Å²) in [5.74, 6) is -0.299. The van der Waals surface area contributed by atoms with Crippen molar-refractivity contribution < 1.29 is 17.9 Å². The van der Waals surface area contributed by atoms with E-state index in [1.807, 2.05) is 5.01 Å². The third-order valence-corrected chi connectivity index (χ3v) is 6.68. The number of hydrogen-bond donors (Lipinski definition) is 1. The molecule has 200 valence electrons. The Kier molecular flexibility index (Phi) is 7.21. The SMILES string of the molecule is Cc1nc(N[C@H](C)c2cccc(C(F)F)c2F)c2cn(N3CCOCC3)c(=O)c(-c3ccc(C#N)cc3)c2n1. The number of nitrogens with zero attached hydrogens (tertiary/aromatic N) is 5. The highest BCUT2D eigenvalue weighted by Crippen LogP contribution is 2.32. The standard InChI is InChI=1S/C28H25F3N6O2/c1-16(20-4-3-5-21(24(20)29)26(30)31)33-27-22-15-37(36-10-12-39-13-11-36)28(38)23(25(22)34-17(2)35-27)19-8-6-18(14-32)7-9-19/h3-9,15-16,26H,10-13H2,1-2H3,(H,33,34,35)/t16-/m1/s1. The number of nitrogens with one attached hydrogen (secondary N) is 1. The first-order valence-electron chi connectivity index (χ1n) is 12.4. The van der Waals surface area contributed by atoms with E-state index < -0.39 is 23.8 Å². The summed E-state index contributed by atoms with van der Waals surface area (Å²) in [6.07, 6.45) is -1.31. The van der Waals surface area contributed by atoms with Crippen molar-refractivity contribution in [2.24, 2.45) is 0 Å². The third kappa shape index (κ3) is 5.03. The zero-order valence-corrected chi connectivity index (χ0v) is 21.3. The Morgan fingerprint density at radius 3 is 2.44 bits per heavy atom. The Hall–Kier alpha value is -4.43. The topological polar surface area (TPSA) is 96.1 Å². The largest absolute Gasteiger partial charge is 0.378 e. The van der Waals surface area contributed by atoms with Crippen molar-refractivity contribution in [2.75, 3.05) is 36.6 Å². The summed E-state index contributed by atoms with van der Waals surface area (Å²) in [6.45, 7) is 5.18. The summed E-state index contributed by atoms with van der Waals surface area (Å²) >= 11 is 0. The number of halogens is 3. The number of rotatable bonds is 6. The van der Waals surface area contributed by atoms with E-state index in [2.05, 4.69) is 21.4 Å². The fourth-order valence-corrected chi connectivity index (χ4v) is 4.71. The Morgan fingerprint density at radius 2 is 1.77 bits per heavy atom. The molecule has 0 saturated carbocycles. The lowest BCUT2D eigenvalue weighted by Gasteiger charge is -2.31. The molecule has 1 saturated heterocycles. The maximum Gasteiger partial charge on any atom is 0.279 e. The van der Waals surface area contributed by atoms with E-state index >= 15 is 0 Å². The van der Waals surface area contributed by atoms with Gasteiger partial charge in [-0.3, -0.25) is 4.79 Å². The molecule has 3 heterocycles. The van der Waals surface area contributed by atoms with Gasteiger partial charge in [0, 0.05) is 11.8 Å². The molecular formula is C28H25F3N6O2. The van der Waals surface area contributed by atoms with Gasteiger partial charge in [-0.1, -0.05) is 30.3 Å². The van der Waals surface area contributed by atoms with Crippen LogP contribution in [0.15, 0.2) is 53.5 Å². The number of fused-ring (bicyclic) bond motifs is 1. The molecule has 0 aliphatic carbocycles. The molecule has 1 aliphatic heterocycles. The van der Waals surface area contributed by atoms with E-state index in [0.29, 0.717) is 65.5 Å². The van der Waals surface area contributed by atoms with E-state index in [9.17, 15) is 23.2 Å². The summed E-state index contributed by atoms with van der Waals surface area (Å²) in [4.78, 5) is 23.0. The van der Waals surface area contributed by atoms with Gasteiger partial charge in [0.15, 0.2) is 0 Å². The van der Waals surface area contributed by atoms with Crippen LogP contribution in [0, 0.1) is 24.1 Å². The maximum atomic E-state index is 14.9. The van der Waals surface area contributed by atoms with Crippen LogP contribution < -0.4 is 15.9 Å². The van der Waals surface area contributed by atoms with Crippen molar-refractivity contribution in [1.82, 2.24) is 14.6 Å². The Bertz CT molecular complexity index is 1630. The molecule has 1 aliphatic rings. The highest BCUT2D eigenvalue weighted by Gasteiger charge is 2.24. The minimum absolute atomic E-state index is 0.0611. The fourth-order valence-electron chi connectivity index (χ4n) is 4.71. The normalized spacial score (nSPS) is 14.4. The molecule has 0 radical (unpaired) electrons. The minimum Gasteiger partial charge on any atom is -0.378 e. The summed E-state index contributed by atoms with van der Waals surface area (Å²) < 4.78 is 48.6. The van der Waals surface area contributed by atoms with Gasteiger partial charge < -0.3 is 15.1 Å². The van der Waals surface area contributed by atoms with Gasteiger partial charge in [0.05, 0.1) is 66.0 Å². The average molecular weight is 535 g/mol. The van der Waals surface area contributed by atoms with Crippen LogP contribution in [0.2, 0.25) is 0 Å². The molecule has 4 aromatic rings. The quantitative estimate of drug-likeness (QED) is 0.378. The monoisotopic (exact) mass is 534 g/mol. The van der Waals surface area contributed by atoms with Gasteiger partial charge in [-0.2, -0.15) is 5.26 Å². The Balaban J connectivity index is 1.70. The van der Waals surface area contributed by atoms with Crippen LogP contribution >= 0.6 is 0 Å². The number of nitriles is 1. The lowest BCUT2D eigenvalue weighted by molar-refractivity contribution is 0.111. The van der Waals surface area contributed by atoms with Crippen molar-refractivity contribution in [1.29, 1.82) is 5.26 Å². The zero-order chi connectivity index (χ0) is 27.7. The van der Waals surface area contributed by atoms with Crippen LogP contribution in [0.5, 0.6) is 0 Å². The van der Waals surface area contributed by atoms with Crippen molar-refractivity contribution >= 4 is 16.7 Å². The highest BCUT2D eigenvalue weighted by atomic mass is 19.3. The summed E-state index contributed by atoms with van der Waals surface area (Å²) in [7, 11) is 0. The van der Waals surface area contributed by atoms with Gasteiger partial charge >= 0.3 is 0 Å². The molecule has 2 aromatic heterocycles. The van der Waals surface area contributed by atoms with Crippen LogP contribution in [0.1, 0.15) is 41.9 Å².